The van der Waals surface area contributed by atoms with E-state index in [2.05, 4.69) is 142 Å². The predicted octanol–water partition coefficient (Wildman–Crippen LogP) is 7.67. The molecule has 8 heterocycles. The molecule has 0 bridgehead atoms. The first-order valence-electron chi connectivity index (χ1n) is 30.1. The van der Waals surface area contributed by atoms with E-state index in [0.717, 1.165) is 99.1 Å². The second-order valence-corrected chi connectivity index (χ2v) is 24.1. The number of hydrogen-bond acceptors (Lipinski definition) is 16. The molecule has 14 rings (SSSR count). The molecule has 6 atom stereocenters. The van der Waals surface area contributed by atoms with Gasteiger partial charge in [-0.05, 0) is 122 Å². The summed E-state index contributed by atoms with van der Waals surface area (Å²) in [6.45, 7) is 17.0. The topological polar surface area (TPSA) is 178 Å². The molecular formula is C66H74N14O4. The van der Waals surface area contributed by atoms with E-state index in [4.69, 9.17) is 29.4 Å². The van der Waals surface area contributed by atoms with Crippen LogP contribution in [0.4, 0.5) is 11.6 Å². The first kappa shape index (κ1) is 55.2. The summed E-state index contributed by atoms with van der Waals surface area (Å²) in [6.07, 6.45) is 9.76. The first-order chi connectivity index (χ1) is 41.1. The molecule has 0 saturated carbocycles. The van der Waals surface area contributed by atoms with Crippen molar-refractivity contribution < 1.29 is 19.1 Å². The highest BCUT2D eigenvalue weighted by Crippen LogP contribution is 2.46. The minimum atomic E-state index is -0.226. The lowest BCUT2D eigenvalue weighted by Gasteiger charge is -2.41. The average Bonchev–Trinajstić information content (AvgIpc) is 2.75. The molecule has 0 unspecified atom stereocenters. The van der Waals surface area contributed by atoms with Gasteiger partial charge >= 0.3 is 12.0 Å². The number of amides is 2. The number of ether oxygens (including phenoxy) is 2. The van der Waals surface area contributed by atoms with Crippen molar-refractivity contribution in [2.24, 2.45) is 0 Å². The van der Waals surface area contributed by atoms with E-state index in [9.17, 15) is 20.1 Å². The molecule has 0 spiro atoms. The molecule has 84 heavy (non-hydrogen) atoms. The van der Waals surface area contributed by atoms with Gasteiger partial charge in [0.15, 0.2) is 0 Å². The number of carbonyl (C=O) groups excluding carboxylic acids is 2. The molecule has 18 heteroatoms. The van der Waals surface area contributed by atoms with Gasteiger partial charge in [0.2, 0.25) is 11.8 Å². The van der Waals surface area contributed by atoms with Gasteiger partial charge < -0.3 is 38.9 Å². The number of carbonyl (C=O) groups is 2. The standard InChI is InChI=1S/2C33H37N7O2/c2*1-3-30(41)40-16-15-38(18-24(40)12-13-34)32-27-19-39(29-17-23-9-4-7-22-8-5-11-26(29)31(22)23)20-28(27)35-33(36-32)42-21-25-10-6-14-37(25)2/h2*3-5,7-9,11,24-25,29H,1,6,10,12,14-21H2,2H3/t24-,25-,29+;24-,25-,29-/m00/s1. The third-order valence-corrected chi connectivity index (χ3v) is 19.3. The Morgan fingerprint density at radius 2 is 1.00 bits per heavy atom. The lowest BCUT2D eigenvalue weighted by atomic mass is 10.0. The quantitative estimate of drug-likeness (QED) is 0.0970. The van der Waals surface area contributed by atoms with Crippen LogP contribution in [0.25, 0.3) is 21.5 Å². The lowest BCUT2D eigenvalue weighted by Crippen LogP contribution is -2.55. The second-order valence-electron chi connectivity index (χ2n) is 24.1. The van der Waals surface area contributed by atoms with Crippen molar-refractivity contribution in [3.8, 4) is 24.2 Å². The van der Waals surface area contributed by atoms with Crippen LogP contribution in [-0.2, 0) is 48.6 Å². The molecule has 432 valence electrons. The Bertz CT molecular complexity index is 3390. The van der Waals surface area contributed by atoms with E-state index >= 15 is 0 Å². The number of anilines is 2. The zero-order valence-corrected chi connectivity index (χ0v) is 48.4. The largest absolute Gasteiger partial charge is 0.462 e. The number of piperazine rings is 2. The molecule has 4 fully saturated rings. The van der Waals surface area contributed by atoms with Gasteiger partial charge in [-0.3, -0.25) is 19.4 Å². The normalized spacial score (nSPS) is 23.8. The van der Waals surface area contributed by atoms with Crippen molar-refractivity contribution in [1.29, 1.82) is 10.5 Å². The van der Waals surface area contributed by atoms with E-state index < -0.39 is 0 Å². The van der Waals surface area contributed by atoms with Gasteiger partial charge in [0.05, 0.1) is 48.5 Å². The van der Waals surface area contributed by atoms with Gasteiger partial charge in [-0.25, -0.2) is 0 Å². The van der Waals surface area contributed by atoms with Crippen molar-refractivity contribution in [2.75, 3.05) is 89.5 Å². The third-order valence-electron chi connectivity index (χ3n) is 19.3. The van der Waals surface area contributed by atoms with E-state index in [0.29, 0.717) is 76.6 Å². The summed E-state index contributed by atoms with van der Waals surface area (Å²) in [4.78, 5) is 62.8. The number of aromatic nitrogens is 4. The van der Waals surface area contributed by atoms with Crippen molar-refractivity contribution in [3.05, 3.63) is 143 Å². The van der Waals surface area contributed by atoms with Crippen LogP contribution in [0.1, 0.15) is 95.4 Å². The van der Waals surface area contributed by atoms with Crippen LogP contribution in [0.5, 0.6) is 12.0 Å². The number of rotatable bonds is 14. The van der Waals surface area contributed by atoms with Crippen molar-refractivity contribution in [2.45, 2.75) is 114 Å². The smallest absolute Gasteiger partial charge is 0.318 e. The Morgan fingerprint density at radius 1 is 0.571 bits per heavy atom. The van der Waals surface area contributed by atoms with E-state index in [1.54, 1.807) is 9.80 Å². The maximum absolute atomic E-state index is 12.6. The second kappa shape index (κ2) is 23.6. The fraction of sp³-hybridized carbons (Fsp3) is 0.455. The van der Waals surface area contributed by atoms with Crippen molar-refractivity contribution in [1.82, 2.24) is 49.3 Å². The molecule has 0 radical (unpaired) electrons. The predicted molar refractivity (Wildman–Crippen MR) is 322 cm³/mol. The minimum absolute atomic E-state index is 0.131. The van der Waals surface area contributed by atoms with Crippen molar-refractivity contribution in [3.63, 3.8) is 0 Å². The Kier molecular flexibility index (Phi) is 15.5. The number of nitriles is 2. The molecule has 6 aliphatic heterocycles. The summed E-state index contributed by atoms with van der Waals surface area (Å²) in [7, 11) is 4.29. The molecule has 2 aliphatic carbocycles. The van der Waals surface area contributed by atoms with Gasteiger partial charge in [0, 0.05) is 101 Å². The van der Waals surface area contributed by atoms with Gasteiger partial charge in [-0.2, -0.15) is 30.5 Å². The molecule has 4 aromatic carbocycles. The fourth-order valence-corrected chi connectivity index (χ4v) is 14.8. The highest BCUT2D eigenvalue weighted by Gasteiger charge is 2.41. The Morgan fingerprint density at radius 3 is 1.39 bits per heavy atom. The number of hydrogen-bond donors (Lipinski definition) is 0. The molecule has 18 nitrogen and oxygen atoms in total. The Hall–Kier alpha value is -8.00. The zero-order chi connectivity index (χ0) is 57.6. The number of benzene rings is 4. The first-order valence-corrected chi connectivity index (χ1v) is 30.1. The highest BCUT2D eigenvalue weighted by molar-refractivity contribution is 5.92. The maximum atomic E-state index is 12.6. The van der Waals surface area contributed by atoms with Crippen LogP contribution in [0, 0.1) is 22.7 Å². The molecule has 0 N–H and O–H groups in total. The summed E-state index contributed by atoms with van der Waals surface area (Å²) in [5.41, 5.74) is 9.86. The van der Waals surface area contributed by atoms with Crippen LogP contribution in [0.15, 0.2) is 98.1 Å². The maximum Gasteiger partial charge on any atom is 0.318 e. The molecule has 4 saturated heterocycles. The number of likely N-dealkylation sites (tertiary alicyclic amines) is 2. The van der Waals surface area contributed by atoms with Gasteiger partial charge in [0.25, 0.3) is 0 Å². The van der Waals surface area contributed by atoms with Gasteiger partial charge in [-0.15, -0.1) is 0 Å². The number of fused-ring (bicyclic) bond motifs is 2. The monoisotopic (exact) mass is 1130 g/mol. The average molecular weight is 1130 g/mol. The Labute approximate surface area is 492 Å². The minimum Gasteiger partial charge on any atom is -0.462 e. The number of likely N-dealkylation sites (N-methyl/N-ethyl adjacent to an activating group) is 2. The summed E-state index contributed by atoms with van der Waals surface area (Å²) in [5.74, 6) is 1.49. The lowest BCUT2D eigenvalue weighted by molar-refractivity contribution is -0.129. The fourth-order valence-electron chi connectivity index (χ4n) is 14.8. The van der Waals surface area contributed by atoms with E-state index in [1.807, 2.05) is 0 Å². The van der Waals surface area contributed by atoms with Crippen LogP contribution >= 0.6 is 0 Å². The zero-order valence-electron chi connectivity index (χ0n) is 48.4. The highest BCUT2D eigenvalue weighted by atomic mass is 16.5. The van der Waals surface area contributed by atoms with Crippen LogP contribution in [0.3, 0.4) is 0 Å². The van der Waals surface area contributed by atoms with Crippen LogP contribution in [0.2, 0.25) is 0 Å². The summed E-state index contributed by atoms with van der Waals surface area (Å²) < 4.78 is 12.6. The van der Waals surface area contributed by atoms with Crippen LogP contribution in [-0.4, -0.2) is 165 Å². The number of nitrogens with zero attached hydrogens (tertiary/aromatic N) is 14. The molecule has 8 aliphatic rings. The summed E-state index contributed by atoms with van der Waals surface area (Å²) in [5, 5.41) is 24.5. The summed E-state index contributed by atoms with van der Waals surface area (Å²) in [6, 6.07) is 32.7. The molecule has 2 aromatic heterocycles. The molecule has 6 aromatic rings. The molecular weight excluding hydrogens is 1050 g/mol. The Balaban J connectivity index is 0.000000157. The van der Waals surface area contributed by atoms with Crippen LogP contribution < -0.4 is 19.3 Å². The van der Waals surface area contributed by atoms with Gasteiger partial charge in [0.1, 0.15) is 24.8 Å². The van der Waals surface area contributed by atoms with Gasteiger partial charge in [-0.1, -0.05) is 86.0 Å². The SMILES string of the molecule is C=CC(=O)N1CCN(c2nc(OC[C@@H]3CCCN3C)nc3c2CN([C@@H]2Cc4cccc5cccc2c45)C3)C[C@@H]1CC#N.C=CC(=O)N1CCN(c2nc(OC[C@@H]3CCCN3C)nc3c2CN([C@H]2Cc4cccc5cccc2c45)C3)C[C@@H]1CC#N. The van der Waals surface area contributed by atoms with E-state index in [-0.39, 0.29) is 48.8 Å². The van der Waals surface area contributed by atoms with E-state index in [1.165, 1.54) is 68.8 Å². The van der Waals surface area contributed by atoms with Crippen molar-refractivity contribution >= 4 is 45.0 Å². The third kappa shape index (κ3) is 10.5. The summed E-state index contributed by atoms with van der Waals surface area (Å²) >= 11 is 0. The molecule has 2 amide bonds.